The Hall–Kier alpha value is -1.27. The van der Waals surface area contributed by atoms with Crippen LogP contribution in [0.2, 0.25) is 0 Å². The molecule has 0 saturated carbocycles. The van der Waals surface area contributed by atoms with Crippen LogP contribution in [0.5, 0.6) is 0 Å². The third-order valence-corrected chi connectivity index (χ3v) is 2.59. The number of nitrogens with zero attached hydrogens (tertiary/aromatic N) is 1. The number of likely N-dealkylation sites (N-methyl/N-ethyl adjacent to an activating group) is 1. The van der Waals surface area contributed by atoms with Crippen LogP contribution in [0.1, 0.15) is 5.56 Å². The zero-order valence-corrected chi connectivity index (χ0v) is 10.5. The van der Waals surface area contributed by atoms with Gasteiger partial charge in [0.05, 0.1) is 12.3 Å². The Morgan fingerprint density at radius 2 is 2.06 bits per heavy atom. The molecule has 6 heteroatoms. The SMILES string of the molecule is COCCN(C)c1ccc(C(N)=S)c(F)c1F. The molecular formula is C11H14F2N2OS. The number of hydrogen-bond donors (Lipinski definition) is 1. The Bertz CT molecular complexity index is 426. The summed E-state index contributed by atoms with van der Waals surface area (Å²) in [7, 11) is 3.19. The van der Waals surface area contributed by atoms with Crippen LogP contribution in [0.4, 0.5) is 14.5 Å². The number of thiocarbonyl (C=S) groups is 1. The maximum absolute atomic E-state index is 13.7. The number of benzene rings is 1. The van der Waals surface area contributed by atoms with E-state index in [4.69, 9.17) is 10.5 Å². The van der Waals surface area contributed by atoms with E-state index in [1.54, 1.807) is 19.1 Å². The third kappa shape index (κ3) is 3.10. The highest BCUT2D eigenvalue weighted by Crippen LogP contribution is 2.23. The summed E-state index contributed by atoms with van der Waals surface area (Å²) in [5.41, 5.74) is 5.35. The van der Waals surface area contributed by atoms with Crippen molar-refractivity contribution in [3.63, 3.8) is 0 Å². The standard InChI is InChI=1S/C11H14F2N2OS/c1-15(5-6-16-2)8-4-3-7(11(14)17)9(12)10(8)13/h3-4H,5-6H2,1-2H3,(H2,14,17). The molecule has 0 fully saturated rings. The van der Waals surface area contributed by atoms with Gasteiger partial charge in [0, 0.05) is 26.3 Å². The highest BCUT2D eigenvalue weighted by molar-refractivity contribution is 7.80. The number of nitrogens with two attached hydrogens (primary N) is 1. The smallest absolute Gasteiger partial charge is 0.182 e. The summed E-state index contributed by atoms with van der Waals surface area (Å²) in [6.07, 6.45) is 0. The van der Waals surface area contributed by atoms with Crippen LogP contribution in [0.3, 0.4) is 0 Å². The van der Waals surface area contributed by atoms with Crippen molar-refractivity contribution in [3.05, 3.63) is 29.3 Å². The largest absolute Gasteiger partial charge is 0.389 e. The fourth-order valence-corrected chi connectivity index (χ4v) is 1.53. The predicted molar refractivity (Wildman–Crippen MR) is 67.4 cm³/mol. The molecule has 0 bridgehead atoms. The molecule has 3 nitrogen and oxygen atoms in total. The summed E-state index contributed by atoms with van der Waals surface area (Å²) in [4.78, 5) is 1.40. The Labute approximate surface area is 104 Å². The lowest BCUT2D eigenvalue weighted by atomic mass is 10.1. The first-order chi connectivity index (χ1) is 7.99. The minimum Gasteiger partial charge on any atom is -0.389 e. The third-order valence-electron chi connectivity index (χ3n) is 2.37. The zero-order chi connectivity index (χ0) is 13.0. The first-order valence-electron chi connectivity index (χ1n) is 4.97. The number of anilines is 1. The van der Waals surface area contributed by atoms with Gasteiger partial charge in [0.2, 0.25) is 0 Å². The van der Waals surface area contributed by atoms with Gasteiger partial charge < -0.3 is 15.4 Å². The second-order valence-corrected chi connectivity index (χ2v) is 3.98. The maximum Gasteiger partial charge on any atom is 0.182 e. The molecule has 0 saturated heterocycles. The van der Waals surface area contributed by atoms with Gasteiger partial charge in [-0.05, 0) is 12.1 Å². The number of rotatable bonds is 5. The normalized spacial score (nSPS) is 10.4. The van der Waals surface area contributed by atoms with Gasteiger partial charge in [0.25, 0.3) is 0 Å². The summed E-state index contributed by atoms with van der Waals surface area (Å²) >= 11 is 4.63. The molecule has 0 radical (unpaired) electrons. The number of methoxy groups -OCH3 is 1. The molecule has 0 atom stereocenters. The molecule has 2 N–H and O–H groups in total. The quantitative estimate of drug-likeness (QED) is 0.818. The van der Waals surface area contributed by atoms with Gasteiger partial charge in [0.1, 0.15) is 4.99 Å². The first kappa shape index (κ1) is 13.8. The minimum atomic E-state index is -1.01. The molecule has 1 rings (SSSR count). The molecule has 0 amide bonds. The topological polar surface area (TPSA) is 38.5 Å². The van der Waals surface area contributed by atoms with Crippen molar-refractivity contribution in [2.45, 2.75) is 0 Å². The van der Waals surface area contributed by atoms with Crippen molar-refractivity contribution in [2.75, 3.05) is 32.2 Å². The molecule has 1 aromatic rings. The molecule has 94 valence electrons. The Morgan fingerprint density at radius 3 is 2.59 bits per heavy atom. The molecule has 0 aliphatic heterocycles. The fourth-order valence-electron chi connectivity index (χ4n) is 1.37. The Balaban J connectivity index is 3.03. The summed E-state index contributed by atoms with van der Waals surface area (Å²) in [5.74, 6) is -1.96. The lowest BCUT2D eigenvalue weighted by Gasteiger charge is -2.20. The number of ether oxygens (including phenoxy) is 1. The molecule has 0 spiro atoms. The van der Waals surface area contributed by atoms with E-state index in [0.717, 1.165) is 0 Å². The van der Waals surface area contributed by atoms with E-state index >= 15 is 0 Å². The van der Waals surface area contributed by atoms with E-state index in [1.807, 2.05) is 0 Å². The van der Waals surface area contributed by atoms with Crippen LogP contribution in [-0.2, 0) is 4.74 Å². The lowest BCUT2D eigenvalue weighted by Crippen LogP contribution is -2.24. The molecule has 0 aliphatic rings. The highest BCUT2D eigenvalue weighted by Gasteiger charge is 2.17. The summed E-state index contributed by atoms with van der Waals surface area (Å²) in [5, 5.41) is 0. The van der Waals surface area contributed by atoms with E-state index in [9.17, 15) is 8.78 Å². The van der Waals surface area contributed by atoms with Crippen molar-refractivity contribution in [1.82, 2.24) is 0 Å². The zero-order valence-electron chi connectivity index (χ0n) is 9.67. The van der Waals surface area contributed by atoms with E-state index < -0.39 is 11.6 Å². The first-order valence-corrected chi connectivity index (χ1v) is 5.37. The van der Waals surface area contributed by atoms with E-state index in [1.165, 1.54) is 12.1 Å². The predicted octanol–water partition coefficient (Wildman–Crippen LogP) is 1.68. The van der Waals surface area contributed by atoms with E-state index in [0.29, 0.717) is 13.2 Å². The van der Waals surface area contributed by atoms with Crippen LogP contribution in [0.15, 0.2) is 12.1 Å². The Morgan fingerprint density at radius 1 is 1.41 bits per heavy atom. The van der Waals surface area contributed by atoms with Crippen LogP contribution < -0.4 is 10.6 Å². The number of hydrogen-bond acceptors (Lipinski definition) is 3. The minimum absolute atomic E-state index is 0.0820. The van der Waals surface area contributed by atoms with Crippen molar-refractivity contribution < 1.29 is 13.5 Å². The molecule has 1 aromatic carbocycles. The molecule has 0 aromatic heterocycles. The average Bonchev–Trinajstić information content (AvgIpc) is 2.29. The van der Waals surface area contributed by atoms with Crippen LogP contribution in [0.25, 0.3) is 0 Å². The van der Waals surface area contributed by atoms with Crippen molar-refractivity contribution in [2.24, 2.45) is 5.73 Å². The van der Waals surface area contributed by atoms with Gasteiger partial charge in [-0.3, -0.25) is 0 Å². The molecular weight excluding hydrogens is 246 g/mol. The molecule has 17 heavy (non-hydrogen) atoms. The van der Waals surface area contributed by atoms with Gasteiger partial charge in [-0.1, -0.05) is 12.2 Å². The second-order valence-electron chi connectivity index (χ2n) is 3.54. The van der Waals surface area contributed by atoms with Gasteiger partial charge in [-0.25, -0.2) is 8.78 Å². The summed E-state index contributed by atoms with van der Waals surface area (Å²) in [6.45, 7) is 0.883. The van der Waals surface area contributed by atoms with Crippen molar-refractivity contribution in [1.29, 1.82) is 0 Å². The van der Waals surface area contributed by atoms with Crippen molar-refractivity contribution >= 4 is 22.9 Å². The van der Waals surface area contributed by atoms with Crippen LogP contribution in [0, 0.1) is 11.6 Å². The maximum atomic E-state index is 13.7. The van der Waals surface area contributed by atoms with Crippen molar-refractivity contribution in [3.8, 4) is 0 Å². The van der Waals surface area contributed by atoms with E-state index in [-0.39, 0.29) is 16.2 Å². The average molecular weight is 260 g/mol. The Kier molecular flexibility index (Phi) is 4.77. The number of halogens is 2. The van der Waals surface area contributed by atoms with Gasteiger partial charge in [-0.2, -0.15) is 0 Å². The highest BCUT2D eigenvalue weighted by atomic mass is 32.1. The molecule has 0 aliphatic carbocycles. The van der Waals surface area contributed by atoms with Crippen LogP contribution >= 0.6 is 12.2 Å². The lowest BCUT2D eigenvalue weighted by molar-refractivity contribution is 0.206. The van der Waals surface area contributed by atoms with E-state index in [2.05, 4.69) is 12.2 Å². The second kappa shape index (κ2) is 5.88. The summed E-state index contributed by atoms with van der Waals surface area (Å²) in [6, 6.07) is 2.82. The van der Waals surface area contributed by atoms with Gasteiger partial charge in [-0.15, -0.1) is 0 Å². The monoisotopic (exact) mass is 260 g/mol. The summed E-state index contributed by atoms with van der Waals surface area (Å²) < 4.78 is 32.2. The molecule has 0 unspecified atom stereocenters. The van der Waals surface area contributed by atoms with Gasteiger partial charge >= 0.3 is 0 Å². The van der Waals surface area contributed by atoms with Crippen LogP contribution in [-0.4, -0.2) is 32.3 Å². The van der Waals surface area contributed by atoms with Gasteiger partial charge in [0.15, 0.2) is 11.6 Å². The fraction of sp³-hybridized carbons (Fsp3) is 0.364. The molecule has 0 heterocycles.